The molecule has 12 heavy (non-hydrogen) atoms. The Hall–Kier alpha value is -0.0800. The van der Waals surface area contributed by atoms with Gasteiger partial charge < -0.3 is 10.1 Å². The van der Waals surface area contributed by atoms with Crippen LogP contribution in [0, 0.1) is 5.92 Å². The molecule has 0 spiro atoms. The van der Waals surface area contributed by atoms with Gasteiger partial charge in [-0.05, 0) is 45.1 Å². The zero-order chi connectivity index (χ0) is 8.60. The molecule has 0 saturated heterocycles. The van der Waals surface area contributed by atoms with Crippen LogP contribution < -0.4 is 5.32 Å². The highest BCUT2D eigenvalue weighted by molar-refractivity contribution is 5.05. The van der Waals surface area contributed by atoms with Gasteiger partial charge in [0.05, 0.1) is 5.60 Å². The summed E-state index contributed by atoms with van der Waals surface area (Å²) >= 11 is 0. The topological polar surface area (TPSA) is 21.3 Å². The smallest absolute Gasteiger partial charge is 0.0833 e. The van der Waals surface area contributed by atoms with Gasteiger partial charge in [-0.3, -0.25) is 0 Å². The van der Waals surface area contributed by atoms with Gasteiger partial charge in [0.15, 0.2) is 0 Å². The zero-order valence-corrected chi connectivity index (χ0v) is 8.10. The maximum absolute atomic E-state index is 5.67. The second-order valence-electron chi connectivity index (χ2n) is 4.23. The van der Waals surface area contributed by atoms with E-state index in [0.717, 1.165) is 5.92 Å². The van der Waals surface area contributed by atoms with E-state index in [1.54, 1.807) is 0 Å². The molecular weight excluding hydrogens is 150 g/mol. The fraction of sp³-hybridized carbons (Fsp3) is 1.00. The summed E-state index contributed by atoms with van der Waals surface area (Å²) in [5.74, 6) is 0.898. The Bertz CT molecular complexity index is 156. The van der Waals surface area contributed by atoms with Crippen LogP contribution in [0.5, 0.6) is 0 Å². The molecule has 0 heterocycles. The molecule has 2 aliphatic rings. The van der Waals surface area contributed by atoms with Crippen molar-refractivity contribution in [2.75, 3.05) is 14.2 Å². The van der Waals surface area contributed by atoms with Crippen molar-refractivity contribution in [1.82, 2.24) is 5.32 Å². The Morgan fingerprint density at radius 1 is 1.42 bits per heavy atom. The first kappa shape index (κ1) is 8.52. The molecule has 2 nitrogen and oxygen atoms in total. The van der Waals surface area contributed by atoms with Crippen molar-refractivity contribution in [3.63, 3.8) is 0 Å². The molecule has 2 heteroatoms. The van der Waals surface area contributed by atoms with E-state index in [-0.39, 0.29) is 5.60 Å². The van der Waals surface area contributed by atoms with Crippen LogP contribution in [0.25, 0.3) is 0 Å². The number of methoxy groups -OCH3 is 1. The van der Waals surface area contributed by atoms with Gasteiger partial charge in [-0.2, -0.15) is 0 Å². The molecule has 2 fully saturated rings. The van der Waals surface area contributed by atoms with Gasteiger partial charge in [0.2, 0.25) is 0 Å². The molecular formula is C10H19NO. The Balaban J connectivity index is 2.01. The normalized spacial score (nSPS) is 29.5. The van der Waals surface area contributed by atoms with E-state index in [1.165, 1.54) is 32.1 Å². The molecule has 70 valence electrons. The van der Waals surface area contributed by atoms with Gasteiger partial charge in [0, 0.05) is 13.2 Å². The van der Waals surface area contributed by atoms with Crippen molar-refractivity contribution in [2.45, 2.75) is 43.7 Å². The summed E-state index contributed by atoms with van der Waals surface area (Å²) in [6.45, 7) is 0. The molecule has 0 aromatic carbocycles. The third-order valence-corrected chi connectivity index (χ3v) is 3.58. The van der Waals surface area contributed by atoms with Crippen molar-refractivity contribution < 1.29 is 4.74 Å². The van der Waals surface area contributed by atoms with E-state index < -0.39 is 0 Å². The number of rotatable bonds is 4. The lowest BCUT2D eigenvalue weighted by Crippen LogP contribution is -2.56. The second kappa shape index (κ2) is 3.00. The van der Waals surface area contributed by atoms with Crippen LogP contribution in [0.2, 0.25) is 0 Å². The minimum absolute atomic E-state index is 0.204. The Kier molecular flexibility index (Phi) is 2.13. The maximum atomic E-state index is 5.67. The van der Waals surface area contributed by atoms with Crippen molar-refractivity contribution in [3.05, 3.63) is 0 Å². The van der Waals surface area contributed by atoms with E-state index >= 15 is 0 Å². The van der Waals surface area contributed by atoms with Gasteiger partial charge in [0.1, 0.15) is 0 Å². The van der Waals surface area contributed by atoms with E-state index in [2.05, 4.69) is 12.4 Å². The first-order valence-corrected chi connectivity index (χ1v) is 5.05. The van der Waals surface area contributed by atoms with Gasteiger partial charge in [-0.15, -0.1) is 0 Å². The van der Waals surface area contributed by atoms with E-state index in [9.17, 15) is 0 Å². The molecule has 0 aromatic heterocycles. The summed E-state index contributed by atoms with van der Waals surface area (Å²) in [4.78, 5) is 0. The van der Waals surface area contributed by atoms with Gasteiger partial charge in [-0.25, -0.2) is 0 Å². The van der Waals surface area contributed by atoms with Crippen LogP contribution in [-0.4, -0.2) is 25.8 Å². The fourth-order valence-electron chi connectivity index (χ4n) is 2.53. The summed E-state index contributed by atoms with van der Waals surface area (Å²) < 4.78 is 5.67. The molecule has 1 N–H and O–H groups in total. The van der Waals surface area contributed by atoms with Crippen molar-refractivity contribution >= 4 is 0 Å². The van der Waals surface area contributed by atoms with Crippen LogP contribution in [-0.2, 0) is 4.74 Å². The Morgan fingerprint density at radius 2 is 2.08 bits per heavy atom. The number of likely N-dealkylation sites (N-methyl/N-ethyl adjacent to an activating group) is 1. The van der Waals surface area contributed by atoms with Crippen LogP contribution in [0.4, 0.5) is 0 Å². The SMILES string of the molecule is CNC(C1CC1)C1(OC)CCC1. The Labute approximate surface area is 74.7 Å². The predicted molar refractivity (Wildman–Crippen MR) is 49.2 cm³/mol. The maximum Gasteiger partial charge on any atom is 0.0833 e. The first-order valence-electron chi connectivity index (χ1n) is 5.05. The highest BCUT2D eigenvalue weighted by atomic mass is 16.5. The highest BCUT2D eigenvalue weighted by Gasteiger charge is 2.49. The van der Waals surface area contributed by atoms with Crippen molar-refractivity contribution in [3.8, 4) is 0 Å². The monoisotopic (exact) mass is 169 g/mol. The molecule has 1 atom stereocenters. The summed E-state index contributed by atoms with van der Waals surface area (Å²) in [5, 5.41) is 3.43. The number of ether oxygens (including phenoxy) is 1. The third kappa shape index (κ3) is 1.17. The molecule has 0 radical (unpaired) electrons. The second-order valence-corrected chi connectivity index (χ2v) is 4.23. The molecule has 0 aromatic rings. The van der Waals surface area contributed by atoms with E-state index in [0.29, 0.717) is 6.04 Å². The summed E-state index contributed by atoms with van der Waals surface area (Å²) in [6.07, 6.45) is 6.66. The lowest BCUT2D eigenvalue weighted by Gasteiger charge is -2.46. The van der Waals surface area contributed by atoms with Crippen LogP contribution in [0.15, 0.2) is 0 Å². The summed E-state index contributed by atoms with van der Waals surface area (Å²) in [7, 11) is 3.94. The average Bonchev–Trinajstić information content (AvgIpc) is 2.79. The predicted octanol–water partition coefficient (Wildman–Crippen LogP) is 1.55. The third-order valence-electron chi connectivity index (χ3n) is 3.58. The van der Waals surface area contributed by atoms with Crippen LogP contribution >= 0.6 is 0 Å². The van der Waals surface area contributed by atoms with Crippen LogP contribution in [0.1, 0.15) is 32.1 Å². The summed E-state index contributed by atoms with van der Waals surface area (Å²) in [6, 6.07) is 0.622. The first-order chi connectivity index (χ1) is 5.82. The Morgan fingerprint density at radius 3 is 2.33 bits per heavy atom. The number of hydrogen-bond donors (Lipinski definition) is 1. The zero-order valence-electron chi connectivity index (χ0n) is 8.10. The minimum atomic E-state index is 0.204. The summed E-state index contributed by atoms with van der Waals surface area (Å²) in [5.41, 5.74) is 0.204. The molecule has 0 bridgehead atoms. The molecule has 1 unspecified atom stereocenters. The lowest BCUT2D eigenvalue weighted by molar-refractivity contribution is -0.102. The number of hydrogen-bond acceptors (Lipinski definition) is 2. The largest absolute Gasteiger partial charge is 0.377 e. The van der Waals surface area contributed by atoms with Crippen molar-refractivity contribution in [2.24, 2.45) is 5.92 Å². The molecule has 0 aliphatic heterocycles. The van der Waals surface area contributed by atoms with Gasteiger partial charge >= 0.3 is 0 Å². The molecule has 2 saturated carbocycles. The van der Waals surface area contributed by atoms with E-state index in [4.69, 9.17) is 4.74 Å². The highest BCUT2D eigenvalue weighted by Crippen LogP contribution is 2.46. The fourth-order valence-corrected chi connectivity index (χ4v) is 2.53. The average molecular weight is 169 g/mol. The molecule has 0 amide bonds. The minimum Gasteiger partial charge on any atom is -0.377 e. The van der Waals surface area contributed by atoms with Crippen LogP contribution in [0.3, 0.4) is 0 Å². The number of nitrogens with one attached hydrogen (secondary N) is 1. The van der Waals surface area contributed by atoms with Gasteiger partial charge in [-0.1, -0.05) is 0 Å². The van der Waals surface area contributed by atoms with E-state index in [1.807, 2.05) is 7.11 Å². The molecule has 2 rings (SSSR count). The molecule has 2 aliphatic carbocycles. The lowest BCUT2D eigenvalue weighted by atomic mass is 9.73. The quantitative estimate of drug-likeness (QED) is 0.689. The van der Waals surface area contributed by atoms with Crippen molar-refractivity contribution in [1.29, 1.82) is 0 Å². The van der Waals surface area contributed by atoms with Gasteiger partial charge in [0.25, 0.3) is 0 Å². The standard InChI is InChI=1S/C10H19NO/c1-11-9(8-4-5-8)10(12-2)6-3-7-10/h8-9,11H,3-7H2,1-2H3.